The second-order valence-corrected chi connectivity index (χ2v) is 7.41. The van der Waals surface area contributed by atoms with E-state index in [1.165, 1.54) is 35.4 Å². The van der Waals surface area contributed by atoms with Gasteiger partial charge in [0.25, 0.3) is 17.4 Å². The van der Waals surface area contributed by atoms with Gasteiger partial charge in [-0.25, -0.2) is 0 Å². The standard InChI is InChI=1S/C24H20N2O6/c1-2-15-8-10-16(11-9-15)21-20(22(27)17-5-3-6-18(13-17)26(30)31)23(28)24(29)25(21)14-19-7-4-12-32-19/h3-13,21,27H,2,14H2,1H3/b22-20-. The third-order valence-corrected chi connectivity index (χ3v) is 5.48. The fourth-order valence-corrected chi connectivity index (χ4v) is 3.82. The summed E-state index contributed by atoms with van der Waals surface area (Å²) in [7, 11) is 0. The molecule has 1 saturated heterocycles. The Balaban J connectivity index is 1.87. The number of non-ortho nitro benzene ring substituents is 1. The van der Waals surface area contributed by atoms with E-state index in [-0.39, 0.29) is 23.4 Å². The summed E-state index contributed by atoms with van der Waals surface area (Å²) in [5.41, 5.74) is 1.45. The van der Waals surface area contributed by atoms with Gasteiger partial charge < -0.3 is 14.4 Å². The number of carbonyl (C=O) groups excluding carboxylic acids is 2. The van der Waals surface area contributed by atoms with Crippen LogP contribution >= 0.6 is 0 Å². The molecule has 0 radical (unpaired) electrons. The van der Waals surface area contributed by atoms with Crippen molar-refractivity contribution in [1.82, 2.24) is 4.90 Å². The number of carbonyl (C=O) groups is 2. The molecule has 0 spiro atoms. The van der Waals surface area contributed by atoms with Crippen molar-refractivity contribution >= 4 is 23.1 Å². The second kappa shape index (κ2) is 8.50. The summed E-state index contributed by atoms with van der Waals surface area (Å²) in [6, 6.07) is 15.3. The number of aliphatic hydroxyl groups is 1. The van der Waals surface area contributed by atoms with Gasteiger partial charge in [-0.2, -0.15) is 0 Å². The summed E-state index contributed by atoms with van der Waals surface area (Å²) in [6.45, 7) is 2.05. The zero-order valence-electron chi connectivity index (χ0n) is 17.2. The van der Waals surface area contributed by atoms with Crippen LogP contribution in [0.4, 0.5) is 5.69 Å². The summed E-state index contributed by atoms with van der Waals surface area (Å²) in [5, 5.41) is 22.2. The Morgan fingerprint density at radius 1 is 1.12 bits per heavy atom. The minimum Gasteiger partial charge on any atom is -0.507 e. The van der Waals surface area contributed by atoms with Crippen LogP contribution in [0.25, 0.3) is 5.76 Å². The number of amides is 1. The van der Waals surface area contributed by atoms with Gasteiger partial charge in [-0.3, -0.25) is 19.7 Å². The number of benzene rings is 2. The molecule has 4 rings (SSSR count). The smallest absolute Gasteiger partial charge is 0.296 e. The van der Waals surface area contributed by atoms with Crippen LogP contribution < -0.4 is 0 Å². The monoisotopic (exact) mass is 432 g/mol. The van der Waals surface area contributed by atoms with E-state index in [2.05, 4.69) is 0 Å². The average molecular weight is 432 g/mol. The van der Waals surface area contributed by atoms with Crippen LogP contribution in [0.3, 0.4) is 0 Å². The number of hydrogen-bond donors (Lipinski definition) is 1. The van der Waals surface area contributed by atoms with Crippen LogP contribution in [0.2, 0.25) is 0 Å². The number of hydrogen-bond acceptors (Lipinski definition) is 6. The number of furan rings is 1. The molecule has 3 aromatic rings. The first kappa shape index (κ1) is 21.0. The van der Waals surface area contributed by atoms with E-state index in [1.54, 1.807) is 12.1 Å². The summed E-state index contributed by atoms with van der Waals surface area (Å²) < 4.78 is 5.36. The van der Waals surface area contributed by atoms with Crippen LogP contribution in [-0.4, -0.2) is 26.6 Å². The lowest BCUT2D eigenvalue weighted by molar-refractivity contribution is -0.384. The summed E-state index contributed by atoms with van der Waals surface area (Å²) >= 11 is 0. The van der Waals surface area contributed by atoms with Crippen molar-refractivity contribution in [1.29, 1.82) is 0 Å². The van der Waals surface area contributed by atoms with Crippen molar-refractivity contribution in [3.63, 3.8) is 0 Å². The zero-order chi connectivity index (χ0) is 22.8. The molecule has 8 heteroatoms. The van der Waals surface area contributed by atoms with Crippen LogP contribution in [0.1, 0.15) is 35.4 Å². The summed E-state index contributed by atoms with van der Waals surface area (Å²) in [5.74, 6) is -1.61. The van der Waals surface area contributed by atoms with Gasteiger partial charge in [0, 0.05) is 17.7 Å². The van der Waals surface area contributed by atoms with Gasteiger partial charge in [0.2, 0.25) is 0 Å². The number of likely N-dealkylation sites (tertiary alicyclic amines) is 1. The van der Waals surface area contributed by atoms with Crippen LogP contribution in [0, 0.1) is 10.1 Å². The van der Waals surface area contributed by atoms with Crippen molar-refractivity contribution in [3.8, 4) is 0 Å². The number of nitrogens with zero attached hydrogens (tertiary/aromatic N) is 2. The molecule has 2 aromatic carbocycles. The van der Waals surface area contributed by atoms with Gasteiger partial charge in [-0.05, 0) is 29.7 Å². The lowest BCUT2D eigenvalue weighted by Gasteiger charge is -2.24. The molecule has 1 aromatic heterocycles. The van der Waals surface area contributed by atoms with Gasteiger partial charge >= 0.3 is 0 Å². The Hall–Kier alpha value is -4.20. The summed E-state index contributed by atoms with van der Waals surface area (Å²) in [6.07, 6.45) is 2.29. The van der Waals surface area contributed by atoms with Crippen molar-refractivity contribution in [3.05, 3.63) is 105 Å². The zero-order valence-corrected chi connectivity index (χ0v) is 17.2. The van der Waals surface area contributed by atoms with E-state index in [4.69, 9.17) is 4.42 Å². The third kappa shape index (κ3) is 3.78. The van der Waals surface area contributed by atoms with Crippen molar-refractivity contribution in [2.24, 2.45) is 0 Å². The van der Waals surface area contributed by atoms with Crippen molar-refractivity contribution in [2.45, 2.75) is 25.9 Å². The van der Waals surface area contributed by atoms with E-state index in [0.29, 0.717) is 11.3 Å². The van der Waals surface area contributed by atoms with Crippen LogP contribution in [0.15, 0.2) is 76.9 Å². The fraction of sp³-hybridized carbons (Fsp3) is 0.167. The Morgan fingerprint density at radius 3 is 2.50 bits per heavy atom. The first-order chi connectivity index (χ1) is 15.4. The number of nitro groups is 1. The Labute approximate surface area is 183 Å². The van der Waals surface area contributed by atoms with Crippen molar-refractivity contribution < 1.29 is 24.0 Å². The number of rotatable bonds is 6. The molecule has 0 bridgehead atoms. The molecular formula is C24H20N2O6. The predicted molar refractivity (Wildman–Crippen MR) is 115 cm³/mol. The molecule has 32 heavy (non-hydrogen) atoms. The highest BCUT2D eigenvalue weighted by Crippen LogP contribution is 2.40. The molecule has 1 unspecified atom stereocenters. The molecule has 1 atom stereocenters. The molecule has 1 N–H and O–H groups in total. The maximum Gasteiger partial charge on any atom is 0.296 e. The van der Waals surface area contributed by atoms with E-state index >= 15 is 0 Å². The average Bonchev–Trinajstić information content (AvgIpc) is 3.41. The summed E-state index contributed by atoms with van der Waals surface area (Å²) in [4.78, 5) is 37.9. The minimum atomic E-state index is -0.870. The quantitative estimate of drug-likeness (QED) is 0.203. The van der Waals surface area contributed by atoms with Gasteiger partial charge in [-0.1, -0.05) is 43.3 Å². The normalized spacial score (nSPS) is 17.7. The molecule has 1 amide bonds. The first-order valence-corrected chi connectivity index (χ1v) is 10.0. The number of ketones is 1. The van der Waals surface area contributed by atoms with Gasteiger partial charge in [0.1, 0.15) is 11.5 Å². The number of Topliss-reactive ketones (excluding diaryl/α,β-unsaturated/α-hetero) is 1. The van der Waals surface area contributed by atoms with E-state index in [1.807, 2.05) is 31.2 Å². The molecule has 0 aliphatic carbocycles. The third-order valence-electron chi connectivity index (χ3n) is 5.48. The molecule has 2 heterocycles. The van der Waals surface area contributed by atoms with Gasteiger partial charge in [0.05, 0.1) is 29.3 Å². The predicted octanol–water partition coefficient (Wildman–Crippen LogP) is 4.37. The Kier molecular flexibility index (Phi) is 5.59. The Morgan fingerprint density at radius 2 is 1.88 bits per heavy atom. The maximum absolute atomic E-state index is 13.0. The van der Waals surface area contributed by atoms with E-state index < -0.39 is 28.4 Å². The highest BCUT2D eigenvalue weighted by Gasteiger charge is 2.46. The Bertz CT molecular complexity index is 1210. The molecular weight excluding hydrogens is 412 g/mol. The molecule has 0 saturated carbocycles. The second-order valence-electron chi connectivity index (χ2n) is 7.41. The minimum absolute atomic E-state index is 0.0312. The first-order valence-electron chi connectivity index (χ1n) is 10.0. The number of aryl methyl sites for hydroxylation is 1. The largest absolute Gasteiger partial charge is 0.507 e. The maximum atomic E-state index is 13.0. The highest BCUT2D eigenvalue weighted by molar-refractivity contribution is 6.46. The van der Waals surface area contributed by atoms with E-state index in [9.17, 15) is 24.8 Å². The number of nitro benzene ring substituents is 1. The fourth-order valence-electron chi connectivity index (χ4n) is 3.82. The molecule has 162 valence electrons. The number of aliphatic hydroxyl groups excluding tert-OH is 1. The highest BCUT2D eigenvalue weighted by atomic mass is 16.6. The van der Waals surface area contributed by atoms with Crippen LogP contribution in [-0.2, 0) is 22.6 Å². The van der Waals surface area contributed by atoms with Crippen LogP contribution in [0.5, 0.6) is 0 Å². The molecule has 1 aliphatic rings. The molecule has 8 nitrogen and oxygen atoms in total. The van der Waals surface area contributed by atoms with Gasteiger partial charge in [-0.15, -0.1) is 0 Å². The molecule has 1 fully saturated rings. The SMILES string of the molecule is CCc1ccc(C2/C(=C(/O)c3cccc([N+](=O)[O-])c3)C(=O)C(=O)N2Cc2ccco2)cc1. The van der Waals surface area contributed by atoms with Crippen molar-refractivity contribution in [2.75, 3.05) is 0 Å². The lowest BCUT2D eigenvalue weighted by atomic mass is 9.94. The molecule has 1 aliphatic heterocycles. The topological polar surface area (TPSA) is 114 Å². The van der Waals surface area contributed by atoms with E-state index in [0.717, 1.165) is 12.0 Å². The lowest BCUT2D eigenvalue weighted by Crippen LogP contribution is -2.29. The van der Waals surface area contributed by atoms with Gasteiger partial charge in [0.15, 0.2) is 0 Å².